The Labute approximate surface area is 144 Å². The topological polar surface area (TPSA) is 72.3 Å². The Hall–Kier alpha value is -2.60. The molecule has 0 atom stereocenters. The lowest BCUT2D eigenvalue weighted by Gasteiger charge is -2.09. The largest absolute Gasteiger partial charge is 0.504 e. The van der Waals surface area contributed by atoms with Crippen LogP contribution in [0.4, 0.5) is 13.2 Å². The normalized spacial score (nSPS) is 16.1. The highest BCUT2D eigenvalue weighted by Crippen LogP contribution is 2.47. The molecule has 1 saturated carbocycles. The van der Waals surface area contributed by atoms with E-state index in [-0.39, 0.29) is 21.9 Å². The Morgan fingerprint density at radius 2 is 2.08 bits per heavy atom. The second kappa shape index (κ2) is 5.20. The summed E-state index contributed by atoms with van der Waals surface area (Å²) in [6.45, 7) is 0.282. The van der Waals surface area contributed by atoms with Gasteiger partial charge in [-0.25, -0.2) is 4.98 Å². The Bertz CT molecular complexity index is 1010. The fourth-order valence-corrected chi connectivity index (χ4v) is 2.86. The zero-order valence-corrected chi connectivity index (χ0v) is 13.4. The number of aromatic nitrogens is 5. The van der Waals surface area contributed by atoms with E-state index >= 15 is 0 Å². The van der Waals surface area contributed by atoms with Crippen LogP contribution in [0.15, 0.2) is 24.5 Å². The van der Waals surface area contributed by atoms with Gasteiger partial charge < -0.3 is 0 Å². The molecule has 0 aliphatic heterocycles. The van der Waals surface area contributed by atoms with Gasteiger partial charge in [0.2, 0.25) is 0 Å². The molecule has 0 aromatic carbocycles. The van der Waals surface area contributed by atoms with Crippen molar-refractivity contribution in [2.24, 2.45) is 5.41 Å². The van der Waals surface area contributed by atoms with Gasteiger partial charge in [-0.05, 0) is 25.0 Å². The van der Waals surface area contributed by atoms with Gasteiger partial charge >= 0.3 is 6.30 Å². The molecule has 0 bridgehead atoms. The molecule has 3 heterocycles. The number of pyridine rings is 1. The summed E-state index contributed by atoms with van der Waals surface area (Å²) < 4.78 is 40.0. The number of alkyl halides is 3. The van der Waals surface area contributed by atoms with E-state index in [1.54, 1.807) is 12.1 Å². The standard InChI is InChI=1S/C15H10ClF3N6/c16-11-2-1-10-12(22-11)13(9-5-21-25(6-9)15(17,18)19)24(23-10)8-14(7-20)3-4-14/h1-2,5-6H,3-4,8H2. The van der Waals surface area contributed by atoms with Gasteiger partial charge in [0, 0.05) is 11.8 Å². The average molecular weight is 367 g/mol. The molecule has 3 aromatic rings. The highest BCUT2D eigenvalue weighted by Gasteiger charge is 2.44. The van der Waals surface area contributed by atoms with Gasteiger partial charge in [0.25, 0.3) is 0 Å². The fraction of sp³-hybridized carbons (Fsp3) is 0.333. The minimum atomic E-state index is -4.62. The lowest BCUT2D eigenvalue weighted by Crippen LogP contribution is -2.16. The van der Waals surface area contributed by atoms with Crippen molar-refractivity contribution in [1.29, 1.82) is 5.26 Å². The van der Waals surface area contributed by atoms with Crippen LogP contribution >= 0.6 is 11.6 Å². The molecule has 4 rings (SSSR count). The predicted octanol–water partition coefficient (Wildman–Crippen LogP) is 3.73. The molecule has 0 unspecified atom stereocenters. The SMILES string of the molecule is N#CC1(Cn2nc3ccc(Cl)nc3c2-c2cnn(C(F)(F)F)c2)CC1. The Morgan fingerprint density at radius 1 is 1.32 bits per heavy atom. The highest BCUT2D eigenvalue weighted by molar-refractivity contribution is 6.29. The first-order chi connectivity index (χ1) is 11.8. The van der Waals surface area contributed by atoms with Crippen molar-refractivity contribution < 1.29 is 13.2 Å². The van der Waals surface area contributed by atoms with Gasteiger partial charge in [0.1, 0.15) is 16.2 Å². The van der Waals surface area contributed by atoms with Crippen LogP contribution in [-0.2, 0) is 12.8 Å². The minimum absolute atomic E-state index is 0.0762. The Balaban J connectivity index is 1.89. The van der Waals surface area contributed by atoms with Gasteiger partial charge in [-0.3, -0.25) is 4.68 Å². The van der Waals surface area contributed by atoms with E-state index in [2.05, 4.69) is 21.3 Å². The Morgan fingerprint density at radius 3 is 2.68 bits per heavy atom. The van der Waals surface area contributed by atoms with Crippen molar-refractivity contribution in [3.05, 3.63) is 29.7 Å². The molecule has 1 aliphatic rings. The summed E-state index contributed by atoms with van der Waals surface area (Å²) in [4.78, 5) is 4.20. The Kier molecular flexibility index (Phi) is 3.30. The van der Waals surface area contributed by atoms with Crippen LogP contribution in [0.3, 0.4) is 0 Å². The van der Waals surface area contributed by atoms with Gasteiger partial charge in [-0.1, -0.05) is 11.6 Å². The van der Waals surface area contributed by atoms with Crippen molar-refractivity contribution >= 4 is 22.6 Å². The highest BCUT2D eigenvalue weighted by atomic mass is 35.5. The first-order valence-electron chi connectivity index (χ1n) is 7.38. The van der Waals surface area contributed by atoms with E-state index in [1.807, 2.05) is 0 Å². The summed E-state index contributed by atoms with van der Waals surface area (Å²) in [6, 6.07) is 5.46. The zero-order valence-electron chi connectivity index (χ0n) is 12.6. The van der Waals surface area contributed by atoms with Gasteiger partial charge in [-0.15, -0.1) is 13.2 Å². The number of nitriles is 1. The maximum Gasteiger partial charge on any atom is 0.504 e. The van der Waals surface area contributed by atoms with Crippen molar-refractivity contribution in [3.8, 4) is 17.3 Å². The van der Waals surface area contributed by atoms with E-state index in [1.165, 1.54) is 4.68 Å². The third kappa shape index (κ3) is 2.72. The predicted molar refractivity (Wildman–Crippen MR) is 82.3 cm³/mol. The van der Waals surface area contributed by atoms with Crippen molar-refractivity contribution in [2.45, 2.75) is 25.7 Å². The number of hydrogen-bond acceptors (Lipinski definition) is 4. The lowest BCUT2D eigenvalue weighted by molar-refractivity contribution is -0.212. The summed E-state index contributed by atoms with van der Waals surface area (Å²) in [7, 11) is 0. The summed E-state index contributed by atoms with van der Waals surface area (Å²) >= 11 is 5.94. The van der Waals surface area contributed by atoms with Crippen molar-refractivity contribution in [2.75, 3.05) is 0 Å². The molecular weight excluding hydrogens is 357 g/mol. The third-order valence-electron chi connectivity index (χ3n) is 4.21. The summed E-state index contributed by atoms with van der Waals surface area (Å²) in [5, 5.41) is 17.3. The maximum atomic E-state index is 12.9. The van der Waals surface area contributed by atoms with Crippen LogP contribution in [0.25, 0.3) is 22.3 Å². The average Bonchev–Trinajstić information content (AvgIpc) is 2.99. The van der Waals surface area contributed by atoms with Crippen LogP contribution in [0.5, 0.6) is 0 Å². The fourth-order valence-electron chi connectivity index (χ4n) is 2.71. The van der Waals surface area contributed by atoms with Crippen LogP contribution in [0.1, 0.15) is 12.8 Å². The van der Waals surface area contributed by atoms with E-state index in [9.17, 15) is 18.4 Å². The van der Waals surface area contributed by atoms with Gasteiger partial charge in [-0.2, -0.15) is 20.1 Å². The van der Waals surface area contributed by atoms with Crippen LogP contribution in [0.2, 0.25) is 5.15 Å². The molecule has 0 amide bonds. The monoisotopic (exact) mass is 366 g/mol. The molecule has 0 radical (unpaired) electrons. The van der Waals surface area contributed by atoms with E-state index in [0.717, 1.165) is 25.2 Å². The van der Waals surface area contributed by atoms with Gasteiger partial charge in [0.15, 0.2) is 0 Å². The van der Waals surface area contributed by atoms with E-state index in [0.29, 0.717) is 16.7 Å². The molecule has 25 heavy (non-hydrogen) atoms. The third-order valence-corrected chi connectivity index (χ3v) is 4.42. The molecule has 1 aliphatic carbocycles. The first kappa shape index (κ1) is 15.9. The molecule has 10 heteroatoms. The number of fused-ring (bicyclic) bond motifs is 1. The number of hydrogen-bond donors (Lipinski definition) is 0. The van der Waals surface area contributed by atoms with E-state index < -0.39 is 11.7 Å². The molecular formula is C15H10ClF3N6. The first-order valence-corrected chi connectivity index (χ1v) is 7.76. The van der Waals surface area contributed by atoms with E-state index in [4.69, 9.17) is 11.6 Å². The zero-order chi connectivity index (χ0) is 17.8. The molecule has 6 nitrogen and oxygen atoms in total. The second-order valence-corrected chi connectivity index (χ2v) is 6.43. The molecule has 0 saturated heterocycles. The smallest absolute Gasteiger partial charge is 0.260 e. The number of halogens is 4. The quantitative estimate of drug-likeness (QED) is 0.662. The maximum absolute atomic E-state index is 12.9. The van der Waals surface area contributed by atoms with Crippen molar-refractivity contribution in [1.82, 2.24) is 24.5 Å². The number of nitrogens with zero attached hydrogens (tertiary/aromatic N) is 6. The molecule has 128 valence electrons. The number of rotatable bonds is 3. The van der Waals surface area contributed by atoms with Crippen molar-refractivity contribution in [3.63, 3.8) is 0 Å². The molecule has 0 spiro atoms. The summed E-state index contributed by atoms with van der Waals surface area (Å²) in [5.74, 6) is 0. The lowest BCUT2D eigenvalue weighted by atomic mass is 10.1. The van der Waals surface area contributed by atoms with Crippen LogP contribution in [0, 0.1) is 16.7 Å². The molecule has 0 N–H and O–H groups in total. The minimum Gasteiger partial charge on any atom is -0.260 e. The molecule has 1 fully saturated rings. The molecule has 3 aromatic heterocycles. The van der Waals surface area contributed by atoms with Gasteiger partial charge in [0.05, 0.1) is 29.9 Å². The summed E-state index contributed by atoms with van der Waals surface area (Å²) in [5.41, 5.74) is 0.925. The second-order valence-electron chi connectivity index (χ2n) is 6.04. The summed E-state index contributed by atoms with van der Waals surface area (Å²) in [6.07, 6.45) is -1.17. The van der Waals surface area contributed by atoms with Crippen LogP contribution < -0.4 is 0 Å². The van der Waals surface area contributed by atoms with Crippen LogP contribution in [-0.4, -0.2) is 24.5 Å².